The minimum Gasteiger partial charge on any atom is -0.478 e. The molecule has 0 saturated heterocycles. The molecule has 122 valence electrons. The Bertz CT molecular complexity index is 725. The number of carbonyl (C=O) groups excluding carboxylic acids is 1. The fraction of sp³-hybridized carbons (Fsp3) is 0.353. The third-order valence-electron chi connectivity index (χ3n) is 3.44. The van der Waals surface area contributed by atoms with Gasteiger partial charge >= 0.3 is 0 Å². The summed E-state index contributed by atoms with van der Waals surface area (Å²) in [5, 5.41) is 2.83. The van der Waals surface area contributed by atoms with E-state index in [4.69, 9.17) is 4.74 Å². The summed E-state index contributed by atoms with van der Waals surface area (Å²) >= 11 is 0. The third-order valence-corrected chi connectivity index (χ3v) is 3.44. The summed E-state index contributed by atoms with van der Waals surface area (Å²) in [6, 6.07) is 8.73. The number of nitrogens with one attached hydrogen (secondary N) is 1. The molecule has 1 amide bonds. The molecule has 0 aliphatic rings. The zero-order chi connectivity index (χ0) is 16.7. The van der Waals surface area contributed by atoms with Crippen molar-refractivity contribution in [1.82, 2.24) is 14.9 Å². The van der Waals surface area contributed by atoms with Crippen LogP contribution in [0.2, 0.25) is 0 Å². The van der Waals surface area contributed by atoms with E-state index < -0.39 is 0 Å². The van der Waals surface area contributed by atoms with E-state index in [2.05, 4.69) is 10.3 Å². The Kier molecular flexibility index (Phi) is 5.91. The Morgan fingerprint density at radius 3 is 2.87 bits per heavy atom. The number of aromatic nitrogens is 2. The van der Waals surface area contributed by atoms with Crippen LogP contribution in [0.25, 0.3) is 0 Å². The van der Waals surface area contributed by atoms with Gasteiger partial charge in [-0.3, -0.25) is 9.59 Å². The van der Waals surface area contributed by atoms with Crippen molar-refractivity contribution in [2.24, 2.45) is 0 Å². The maximum absolute atomic E-state index is 12.0. The number of hydrogen-bond acceptors (Lipinski definition) is 4. The number of carbonyl (C=O) groups is 1. The molecule has 2 heterocycles. The van der Waals surface area contributed by atoms with Crippen LogP contribution in [0.5, 0.6) is 5.88 Å². The van der Waals surface area contributed by atoms with E-state index >= 15 is 0 Å². The predicted molar refractivity (Wildman–Crippen MR) is 87.3 cm³/mol. The van der Waals surface area contributed by atoms with Crippen molar-refractivity contribution >= 4 is 5.91 Å². The summed E-state index contributed by atoms with van der Waals surface area (Å²) in [4.78, 5) is 27.9. The molecule has 6 heteroatoms. The van der Waals surface area contributed by atoms with Crippen molar-refractivity contribution in [1.29, 1.82) is 0 Å². The van der Waals surface area contributed by atoms with Gasteiger partial charge in [-0.25, -0.2) is 4.98 Å². The smallest absolute Gasteiger partial charge is 0.250 e. The Labute approximate surface area is 135 Å². The van der Waals surface area contributed by atoms with Gasteiger partial charge in [-0.05, 0) is 26.0 Å². The topological polar surface area (TPSA) is 73.2 Å². The van der Waals surface area contributed by atoms with Gasteiger partial charge in [0.25, 0.3) is 5.56 Å². The molecule has 6 nitrogen and oxygen atoms in total. The first-order valence-electron chi connectivity index (χ1n) is 7.61. The van der Waals surface area contributed by atoms with Crippen molar-refractivity contribution in [3.05, 3.63) is 58.1 Å². The largest absolute Gasteiger partial charge is 0.478 e. The molecule has 0 atom stereocenters. The minimum absolute atomic E-state index is 0.0938. The number of rotatable bonds is 7. The fourth-order valence-corrected chi connectivity index (χ4v) is 2.23. The van der Waals surface area contributed by atoms with Crippen LogP contribution in [0.1, 0.15) is 24.6 Å². The summed E-state index contributed by atoms with van der Waals surface area (Å²) in [5.41, 5.74) is 1.58. The molecular formula is C17H21N3O3. The molecule has 0 aromatic carbocycles. The maximum Gasteiger partial charge on any atom is 0.250 e. The van der Waals surface area contributed by atoms with Crippen LogP contribution in [0.15, 0.2) is 41.3 Å². The van der Waals surface area contributed by atoms with Gasteiger partial charge < -0.3 is 14.6 Å². The average molecular weight is 315 g/mol. The lowest BCUT2D eigenvalue weighted by Gasteiger charge is -2.11. The second-order valence-corrected chi connectivity index (χ2v) is 5.08. The molecule has 0 bridgehead atoms. The zero-order valence-electron chi connectivity index (χ0n) is 13.4. The molecular weight excluding hydrogens is 294 g/mol. The summed E-state index contributed by atoms with van der Waals surface area (Å²) in [7, 11) is 0. The third kappa shape index (κ3) is 4.67. The van der Waals surface area contributed by atoms with Crippen molar-refractivity contribution in [2.45, 2.75) is 33.4 Å². The van der Waals surface area contributed by atoms with Crippen molar-refractivity contribution in [2.75, 3.05) is 6.61 Å². The van der Waals surface area contributed by atoms with Gasteiger partial charge in [-0.1, -0.05) is 12.1 Å². The monoisotopic (exact) mass is 315 g/mol. The zero-order valence-corrected chi connectivity index (χ0v) is 13.4. The quantitative estimate of drug-likeness (QED) is 0.843. The molecule has 2 rings (SSSR count). The van der Waals surface area contributed by atoms with Crippen LogP contribution in [0.4, 0.5) is 0 Å². The van der Waals surface area contributed by atoms with Crippen molar-refractivity contribution in [3.8, 4) is 5.88 Å². The van der Waals surface area contributed by atoms with Crippen LogP contribution in [0.3, 0.4) is 0 Å². The molecule has 0 saturated carbocycles. The molecule has 2 aromatic heterocycles. The van der Waals surface area contributed by atoms with E-state index in [1.165, 1.54) is 6.07 Å². The Morgan fingerprint density at radius 1 is 1.30 bits per heavy atom. The number of nitrogens with zero attached hydrogens (tertiary/aromatic N) is 2. The molecule has 0 spiro atoms. The second-order valence-electron chi connectivity index (χ2n) is 5.08. The molecule has 0 aliphatic heterocycles. The predicted octanol–water partition coefficient (Wildman–Crippen LogP) is 1.66. The standard InChI is InChI=1S/C17H21N3O3/c1-3-23-17-14(7-5-10-18-17)12-19-15(21)9-11-20-13(2)6-4-8-16(20)22/h4-8,10H,3,9,11-12H2,1-2H3,(H,19,21). The lowest BCUT2D eigenvalue weighted by atomic mass is 10.2. The first kappa shape index (κ1) is 16.7. The number of aryl methyl sites for hydroxylation is 1. The van der Waals surface area contributed by atoms with E-state index in [0.29, 0.717) is 25.6 Å². The average Bonchev–Trinajstić information content (AvgIpc) is 2.54. The van der Waals surface area contributed by atoms with E-state index in [0.717, 1.165) is 11.3 Å². The van der Waals surface area contributed by atoms with Gasteiger partial charge in [0.1, 0.15) is 0 Å². The van der Waals surface area contributed by atoms with Crippen LogP contribution in [0, 0.1) is 6.92 Å². The summed E-state index contributed by atoms with van der Waals surface area (Å²) in [6.07, 6.45) is 1.90. The first-order chi connectivity index (χ1) is 11.1. The SMILES string of the molecule is CCOc1ncccc1CNC(=O)CCn1c(C)cccc1=O. The minimum atomic E-state index is -0.119. The lowest BCUT2D eigenvalue weighted by Crippen LogP contribution is -2.27. The van der Waals surface area contributed by atoms with Gasteiger partial charge in [0, 0.05) is 43.0 Å². The summed E-state index contributed by atoms with van der Waals surface area (Å²) in [5.74, 6) is 0.414. The second kappa shape index (κ2) is 8.12. The lowest BCUT2D eigenvalue weighted by molar-refractivity contribution is -0.121. The maximum atomic E-state index is 12.0. The first-order valence-corrected chi connectivity index (χ1v) is 7.61. The van der Waals surface area contributed by atoms with E-state index in [1.54, 1.807) is 22.9 Å². The molecule has 1 N–H and O–H groups in total. The highest BCUT2D eigenvalue weighted by Crippen LogP contribution is 2.13. The van der Waals surface area contributed by atoms with Crippen LogP contribution in [-0.2, 0) is 17.9 Å². The highest BCUT2D eigenvalue weighted by Gasteiger charge is 2.08. The molecule has 0 radical (unpaired) electrons. The molecule has 0 aliphatic carbocycles. The van der Waals surface area contributed by atoms with Gasteiger partial charge in [-0.15, -0.1) is 0 Å². The summed E-state index contributed by atoms with van der Waals surface area (Å²) < 4.78 is 7.01. The molecule has 0 unspecified atom stereocenters. The van der Waals surface area contributed by atoms with Gasteiger partial charge in [0.2, 0.25) is 11.8 Å². The molecule has 0 fully saturated rings. The molecule has 2 aromatic rings. The summed E-state index contributed by atoms with van der Waals surface area (Å²) in [6.45, 7) is 4.97. The number of amides is 1. The van der Waals surface area contributed by atoms with Crippen LogP contribution in [-0.4, -0.2) is 22.1 Å². The fourth-order valence-electron chi connectivity index (χ4n) is 2.23. The Morgan fingerprint density at radius 2 is 2.13 bits per heavy atom. The van der Waals surface area contributed by atoms with E-state index in [-0.39, 0.29) is 17.9 Å². The Hall–Kier alpha value is -2.63. The normalized spacial score (nSPS) is 10.3. The van der Waals surface area contributed by atoms with E-state index in [9.17, 15) is 9.59 Å². The molecule has 23 heavy (non-hydrogen) atoms. The van der Waals surface area contributed by atoms with Gasteiger partial charge in [-0.2, -0.15) is 0 Å². The number of hydrogen-bond donors (Lipinski definition) is 1. The van der Waals surface area contributed by atoms with Gasteiger partial charge in [0.05, 0.1) is 6.61 Å². The van der Waals surface area contributed by atoms with Crippen molar-refractivity contribution < 1.29 is 9.53 Å². The van der Waals surface area contributed by atoms with E-state index in [1.807, 2.05) is 26.0 Å². The van der Waals surface area contributed by atoms with Gasteiger partial charge in [0.15, 0.2) is 0 Å². The van der Waals surface area contributed by atoms with Crippen molar-refractivity contribution in [3.63, 3.8) is 0 Å². The highest BCUT2D eigenvalue weighted by molar-refractivity contribution is 5.75. The van der Waals surface area contributed by atoms with Crippen LogP contribution >= 0.6 is 0 Å². The number of pyridine rings is 2. The number of ether oxygens (including phenoxy) is 1. The highest BCUT2D eigenvalue weighted by atomic mass is 16.5. The Balaban J connectivity index is 1.90. The van der Waals surface area contributed by atoms with Crippen LogP contribution < -0.4 is 15.6 Å².